The number of hydrogen-bond acceptors (Lipinski definition) is 7. The van der Waals surface area contributed by atoms with Crippen LogP contribution in [0.5, 0.6) is 0 Å². The van der Waals surface area contributed by atoms with Gasteiger partial charge in [0.1, 0.15) is 28.1 Å². The van der Waals surface area contributed by atoms with E-state index in [1.807, 2.05) is 18.2 Å². The first-order chi connectivity index (χ1) is 11.8. The fourth-order valence-electron chi connectivity index (χ4n) is 3.02. The van der Waals surface area contributed by atoms with Crippen molar-refractivity contribution in [3.05, 3.63) is 36.7 Å². The van der Waals surface area contributed by atoms with Crippen LogP contribution in [-0.4, -0.2) is 58.5 Å². The second kappa shape index (κ2) is 6.80. The molecule has 0 bridgehead atoms. The van der Waals surface area contributed by atoms with Crippen LogP contribution in [0.3, 0.4) is 0 Å². The predicted octanol–water partition coefficient (Wildman–Crippen LogP) is 2.07. The van der Waals surface area contributed by atoms with Gasteiger partial charge < -0.3 is 15.5 Å². The molecule has 2 aromatic heterocycles. The molecular weight excluding hydrogens is 320 g/mol. The van der Waals surface area contributed by atoms with Gasteiger partial charge in [-0.15, -0.1) is 0 Å². The standard InChI is InChI=1S/C17H20N6S/c1-23-8-7-18-13(10-23)9-19-17-16-15(20-11-21-17)14(22-24-16)12-5-3-2-4-6-12/h2-6,11,13,18H,7-10H2,1H3,(H,19,20,21). The summed E-state index contributed by atoms with van der Waals surface area (Å²) in [5.74, 6) is 0.870. The number of rotatable bonds is 4. The summed E-state index contributed by atoms with van der Waals surface area (Å²) in [6.45, 7) is 4.01. The zero-order valence-corrected chi connectivity index (χ0v) is 14.4. The fraction of sp³-hybridized carbons (Fsp3) is 0.353. The quantitative estimate of drug-likeness (QED) is 0.758. The van der Waals surface area contributed by atoms with Crippen molar-refractivity contribution in [1.82, 2.24) is 24.6 Å². The number of nitrogens with one attached hydrogen (secondary N) is 2. The first-order valence-electron chi connectivity index (χ1n) is 8.13. The highest BCUT2D eigenvalue weighted by molar-refractivity contribution is 7.14. The van der Waals surface area contributed by atoms with Crippen LogP contribution in [0, 0.1) is 0 Å². The molecule has 1 saturated heterocycles. The Morgan fingerprint density at radius 2 is 2.17 bits per heavy atom. The molecule has 4 rings (SSSR count). The molecule has 1 unspecified atom stereocenters. The van der Waals surface area contributed by atoms with Crippen molar-refractivity contribution in [2.24, 2.45) is 0 Å². The van der Waals surface area contributed by atoms with Crippen molar-refractivity contribution in [1.29, 1.82) is 0 Å². The van der Waals surface area contributed by atoms with Crippen molar-refractivity contribution >= 4 is 27.6 Å². The monoisotopic (exact) mass is 340 g/mol. The van der Waals surface area contributed by atoms with Crippen molar-refractivity contribution in [3.8, 4) is 11.3 Å². The fourth-order valence-corrected chi connectivity index (χ4v) is 3.84. The van der Waals surface area contributed by atoms with Crippen molar-refractivity contribution < 1.29 is 0 Å². The van der Waals surface area contributed by atoms with Crippen LogP contribution in [0.4, 0.5) is 5.82 Å². The summed E-state index contributed by atoms with van der Waals surface area (Å²) >= 11 is 1.45. The van der Waals surface area contributed by atoms with Crippen LogP contribution >= 0.6 is 11.5 Å². The number of likely N-dealkylation sites (N-methyl/N-ethyl adjacent to an activating group) is 1. The van der Waals surface area contributed by atoms with Crippen molar-refractivity contribution in [2.75, 3.05) is 38.5 Å². The van der Waals surface area contributed by atoms with Gasteiger partial charge in [-0.3, -0.25) is 0 Å². The van der Waals surface area contributed by atoms with Gasteiger partial charge in [-0.05, 0) is 18.6 Å². The summed E-state index contributed by atoms with van der Waals surface area (Å²) in [5.41, 5.74) is 2.93. The normalized spacial score (nSPS) is 18.8. The molecule has 124 valence electrons. The molecule has 2 N–H and O–H groups in total. The number of aromatic nitrogens is 3. The molecule has 1 aromatic carbocycles. The zero-order chi connectivity index (χ0) is 16.4. The number of fused-ring (bicyclic) bond motifs is 1. The summed E-state index contributed by atoms with van der Waals surface area (Å²) in [7, 11) is 2.16. The van der Waals surface area contributed by atoms with Crippen LogP contribution < -0.4 is 10.6 Å². The Kier molecular flexibility index (Phi) is 4.38. The molecule has 0 spiro atoms. The SMILES string of the molecule is CN1CCNC(CNc2ncnc3c(-c4ccccc4)nsc23)C1. The Bertz CT molecular complexity index is 818. The second-order valence-corrected chi connectivity index (χ2v) is 6.86. The minimum atomic E-state index is 0.426. The second-order valence-electron chi connectivity index (χ2n) is 6.09. The molecule has 0 radical (unpaired) electrons. The van der Waals surface area contributed by atoms with Crippen molar-refractivity contribution in [3.63, 3.8) is 0 Å². The van der Waals surface area contributed by atoms with Gasteiger partial charge in [0, 0.05) is 37.8 Å². The molecule has 1 atom stereocenters. The minimum absolute atomic E-state index is 0.426. The minimum Gasteiger partial charge on any atom is -0.367 e. The Morgan fingerprint density at radius 3 is 3.00 bits per heavy atom. The molecule has 0 aliphatic carbocycles. The third-order valence-corrected chi connectivity index (χ3v) is 5.12. The third-order valence-electron chi connectivity index (χ3n) is 4.28. The summed E-state index contributed by atoms with van der Waals surface area (Å²) in [6, 6.07) is 10.6. The Labute approximate surface area is 145 Å². The van der Waals surface area contributed by atoms with E-state index in [9.17, 15) is 0 Å². The topological polar surface area (TPSA) is 66.0 Å². The van der Waals surface area contributed by atoms with Crippen LogP contribution in [0.2, 0.25) is 0 Å². The largest absolute Gasteiger partial charge is 0.367 e. The maximum absolute atomic E-state index is 4.61. The van der Waals surface area contributed by atoms with Crippen LogP contribution in [0.1, 0.15) is 0 Å². The van der Waals surface area contributed by atoms with Gasteiger partial charge in [0.25, 0.3) is 0 Å². The number of piperazine rings is 1. The van der Waals surface area contributed by atoms with E-state index in [-0.39, 0.29) is 0 Å². The van der Waals surface area contributed by atoms with Gasteiger partial charge in [-0.25, -0.2) is 9.97 Å². The summed E-state index contributed by atoms with van der Waals surface area (Å²) in [4.78, 5) is 11.2. The Balaban J connectivity index is 1.57. The van der Waals surface area contributed by atoms with E-state index >= 15 is 0 Å². The van der Waals surface area contributed by atoms with E-state index in [2.05, 4.69) is 49.1 Å². The van der Waals surface area contributed by atoms with Gasteiger partial charge in [-0.2, -0.15) is 4.37 Å². The summed E-state index contributed by atoms with van der Waals surface area (Å²) in [6.07, 6.45) is 1.62. The molecule has 1 aliphatic rings. The van der Waals surface area contributed by atoms with Gasteiger partial charge >= 0.3 is 0 Å². The number of nitrogens with zero attached hydrogens (tertiary/aromatic N) is 4. The molecule has 6 nitrogen and oxygen atoms in total. The highest BCUT2D eigenvalue weighted by Crippen LogP contribution is 2.32. The molecule has 3 heterocycles. The first kappa shape index (κ1) is 15.4. The lowest BCUT2D eigenvalue weighted by atomic mass is 10.1. The number of benzene rings is 1. The lowest BCUT2D eigenvalue weighted by molar-refractivity contribution is 0.244. The van der Waals surface area contributed by atoms with Crippen LogP contribution in [0.25, 0.3) is 21.5 Å². The lowest BCUT2D eigenvalue weighted by Crippen LogP contribution is -2.51. The number of hydrogen-bond donors (Lipinski definition) is 2. The molecule has 1 fully saturated rings. The number of anilines is 1. The molecule has 24 heavy (non-hydrogen) atoms. The van der Waals surface area contributed by atoms with E-state index in [4.69, 9.17) is 0 Å². The van der Waals surface area contributed by atoms with E-state index in [0.717, 1.165) is 53.5 Å². The molecule has 0 amide bonds. The van der Waals surface area contributed by atoms with Gasteiger partial charge in [-0.1, -0.05) is 30.3 Å². The summed E-state index contributed by atoms with van der Waals surface area (Å²) in [5, 5.41) is 7.01. The molecule has 3 aromatic rings. The molecule has 1 aliphatic heterocycles. The maximum Gasteiger partial charge on any atom is 0.149 e. The first-order valence-corrected chi connectivity index (χ1v) is 8.90. The highest BCUT2D eigenvalue weighted by atomic mass is 32.1. The smallest absolute Gasteiger partial charge is 0.149 e. The molecular formula is C17H20N6S. The lowest BCUT2D eigenvalue weighted by Gasteiger charge is -2.31. The van der Waals surface area contributed by atoms with Crippen molar-refractivity contribution in [2.45, 2.75) is 6.04 Å². The van der Waals surface area contributed by atoms with Gasteiger partial charge in [0.2, 0.25) is 0 Å². The van der Waals surface area contributed by atoms with Gasteiger partial charge in [0.05, 0.1) is 0 Å². The van der Waals surface area contributed by atoms with E-state index in [1.165, 1.54) is 11.5 Å². The highest BCUT2D eigenvalue weighted by Gasteiger charge is 2.18. The average Bonchev–Trinajstić information content (AvgIpc) is 3.05. The van der Waals surface area contributed by atoms with Gasteiger partial charge in [0.15, 0.2) is 0 Å². The van der Waals surface area contributed by atoms with Crippen LogP contribution in [0.15, 0.2) is 36.7 Å². The van der Waals surface area contributed by atoms with E-state index < -0.39 is 0 Å². The predicted molar refractivity (Wildman–Crippen MR) is 98.4 cm³/mol. The summed E-state index contributed by atoms with van der Waals surface area (Å²) < 4.78 is 5.62. The maximum atomic E-state index is 4.61. The molecule has 0 saturated carbocycles. The average molecular weight is 340 g/mol. The van der Waals surface area contributed by atoms with E-state index in [0.29, 0.717) is 6.04 Å². The third kappa shape index (κ3) is 3.10. The Hall–Kier alpha value is -2.09. The molecule has 7 heteroatoms. The zero-order valence-electron chi connectivity index (χ0n) is 13.6. The van der Waals surface area contributed by atoms with Crippen LogP contribution in [-0.2, 0) is 0 Å². The van der Waals surface area contributed by atoms with E-state index in [1.54, 1.807) is 6.33 Å². The Morgan fingerprint density at radius 1 is 1.29 bits per heavy atom.